The number of amides is 1. The Kier molecular flexibility index (Phi) is 1.74. The average molecular weight is 191 g/mol. The van der Waals surface area contributed by atoms with Crippen molar-refractivity contribution in [2.75, 3.05) is 10.6 Å². The number of aromatic nitrogens is 1. The molecule has 0 aliphatic carbocycles. The van der Waals surface area contributed by atoms with E-state index in [1.165, 1.54) is 0 Å². The van der Waals surface area contributed by atoms with Gasteiger partial charge >= 0.3 is 0 Å². The van der Waals surface area contributed by atoms with Crippen molar-refractivity contribution in [3.05, 3.63) is 17.8 Å². The Morgan fingerprint density at radius 1 is 1.36 bits per heavy atom. The Bertz CT molecular complexity index is 398. The Balaban J connectivity index is 2.46. The van der Waals surface area contributed by atoms with Crippen LogP contribution in [0.15, 0.2) is 12.1 Å². The number of nitrogens with zero attached hydrogens (tertiary/aromatic N) is 1. The Labute approximate surface area is 82.7 Å². The molecule has 1 aromatic rings. The first-order chi connectivity index (χ1) is 6.49. The summed E-state index contributed by atoms with van der Waals surface area (Å²) in [6, 6.07) is 3.73. The lowest BCUT2D eigenvalue weighted by molar-refractivity contribution is -0.119. The number of pyridine rings is 1. The highest BCUT2D eigenvalue weighted by atomic mass is 16.2. The van der Waals surface area contributed by atoms with E-state index < -0.39 is 5.54 Å². The van der Waals surface area contributed by atoms with Crippen LogP contribution in [-0.4, -0.2) is 16.4 Å². The second kappa shape index (κ2) is 2.70. The molecular weight excluding hydrogens is 178 g/mol. The first-order valence-electron chi connectivity index (χ1n) is 4.56. The van der Waals surface area contributed by atoms with Gasteiger partial charge in [-0.15, -0.1) is 0 Å². The standard InChI is InChI=1S/C10H13N3O/c1-6-4-5-7-8(11-6)13-10(2,3)9(14)12-7/h4-5H,1-3H3,(H,11,13)(H,12,14). The summed E-state index contributed by atoms with van der Waals surface area (Å²) in [4.78, 5) is 15.9. The number of rotatable bonds is 0. The highest BCUT2D eigenvalue weighted by Crippen LogP contribution is 2.28. The zero-order valence-electron chi connectivity index (χ0n) is 8.51. The fraction of sp³-hybridized carbons (Fsp3) is 0.400. The molecule has 1 aliphatic heterocycles. The molecule has 2 heterocycles. The van der Waals surface area contributed by atoms with Crippen LogP contribution in [-0.2, 0) is 4.79 Å². The predicted molar refractivity (Wildman–Crippen MR) is 55.3 cm³/mol. The molecule has 0 bridgehead atoms. The molecule has 0 radical (unpaired) electrons. The summed E-state index contributed by atoms with van der Waals surface area (Å²) in [6.07, 6.45) is 0. The van der Waals surface area contributed by atoms with E-state index in [2.05, 4.69) is 15.6 Å². The molecule has 0 fully saturated rings. The van der Waals surface area contributed by atoms with Crippen LogP contribution in [0.5, 0.6) is 0 Å². The summed E-state index contributed by atoms with van der Waals surface area (Å²) in [5.41, 5.74) is 1.09. The number of nitrogens with one attached hydrogen (secondary N) is 2. The Morgan fingerprint density at radius 2 is 2.07 bits per heavy atom. The molecule has 0 saturated carbocycles. The van der Waals surface area contributed by atoms with E-state index in [1.807, 2.05) is 32.9 Å². The normalized spacial score (nSPS) is 18.1. The second-order valence-corrected chi connectivity index (χ2v) is 4.05. The van der Waals surface area contributed by atoms with E-state index in [0.717, 1.165) is 17.2 Å². The number of fused-ring (bicyclic) bond motifs is 1. The van der Waals surface area contributed by atoms with Gasteiger partial charge in [-0.2, -0.15) is 0 Å². The van der Waals surface area contributed by atoms with E-state index in [0.29, 0.717) is 0 Å². The lowest BCUT2D eigenvalue weighted by atomic mass is 10.0. The van der Waals surface area contributed by atoms with Gasteiger partial charge in [-0.25, -0.2) is 4.98 Å². The van der Waals surface area contributed by atoms with Crippen LogP contribution in [0.2, 0.25) is 0 Å². The van der Waals surface area contributed by atoms with Crippen molar-refractivity contribution < 1.29 is 4.79 Å². The van der Waals surface area contributed by atoms with Gasteiger partial charge in [-0.3, -0.25) is 4.79 Å². The summed E-state index contributed by atoms with van der Waals surface area (Å²) < 4.78 is 0. The molecule has 0 atom stereocenters. The van der Waals surface area contributed by atoms with Gasteiger partial charge in [-0.05, 0) is 32.9 Å². The molecule has 0 spiro atoms. The topological polar surface area (TPSA) is 54.0 Å². The van der Waals surface area contributed by atoms with E-state index in [4.69, 9.17) is 0 Å². The number of aryl methyl sites for hydroxylation is 1. The van der Waals surface area contributed by atoms with Crippen molar-refractivity contribution >= 4 is 17.4 Å². The molecule has 14 heavy (non-hydrogen) atoms. The SMILES string of the molecule is Cc1ccc2c(n1)NC(C)(C)C(=O)N2. The van der Waals surface area contributed by atoms with Crippen LogP contribution < -0.4 is 10.6 Å². The maximum absolute atomic E-state index is 11.6. The minimum atomic E-state index is -0.589. The van der Waals surface area contributed by atoms with Crippen LogP contribution in [0, 0.1) is 6.92 Å². The van der Waals surface area contributed by atoms with Crippen LogP contribution in [0.25, 0.3) is 0 Å². The quantitative estimate of drug-likeness (QED) is 0.654. The highest BCUT2D eigenvalue weighted by molar-refractivity contribution is 6.04. The van der Waals surface area contributed by atoms with Crippen molar-refractivity contribution in [2.45, 2.75) is 26.3 Å². The predicted octanol–water partition coefficient (Wildman–Crippen LogP) is 1.53. The van der Waals surface area contributed by atoms with Gasteiger partial charge in [0.15, 0.2) is 5.82 Å². The summed E-state index contributed by atoms with van der Waals surface area (Å²) in [5, 5.41) is 5.92. The first kappa shape index (κ1) is 8.99. The molecule has 74 valence electrons. The third kappa shape index (κ3) is 1.32. The molecule has 4 nitrogen and oxygen atoms in total. The highest BCUT2D eigenvalue weighted by Gasteiger charge is 2.33. The smallest absolute Gasteiger partial charge is 0.249 e. The van der Waals surface area contributed by atoms with Crippen molar-refractivity contribution in [1.29, 1.82) is 0 Å². The zero-order valence-corrected chi connectivity index (χ0v) is 8.51. The minimum Gasteiger partial charge on any atom is -0.355 e. The summed E-state index contributed by atoms with van der Waals surface area (Å²) in [6.45, 7) is 5.58. The summed E-state index contributed by atoms with van der Waals surface area (Å²) in [7, 11) is 0. The second-order valence-electron chi connectivity index (χ2n) is 4.05. The van der Waals surface area contributed by atoms with Gasteiger partial charge in [0, 0.05) is 5.69 Å². The summed E-state index contributed by atoms with van der Waals surface area (Å²) in [5.74, 6) is 0.713. The van der Waals surface area contributed by atoms with Gasteiger partial charge in [0.1, 0.15) is 5.54 Å². The van der Waals surface area contributed by atoms with Crippen molar-refractivity contribution in [3.8, 4) is 0 Å². The molecule has 4 heteroatoms. The Hall–Kier alpha value is -1.58. The minimum absolute atomic E-state index is 0.0318. The number of hydrogen-bond acceptors (Lipinski definition) is 3. The van der Waals surface area contributed by atoms with Crippen molar-refractivity contribution in [2.24, 2.45) is 0 Å². The molecular formula is C10H13N3O. The molecule has 2 rings (SSSR count). The lowest BCUT2D eigenvalue weighted by Gasteiger charge is -2.31. The number of carbonyl (C=O) groups is 1. The van der Waals surface area contributed by atoms with Crippen LogP contribution >= 0.6 is 0 Å². The number of carbonyl (C=O) groups excluding carboxylic acids is 1. The van der Waals surface area contributed by atoms with Gasteiger partial charge in [0.25, 0.3) is 0 Å². The molecule has 0 aromatic carbocycles. The van der Waals surface area contributed by atoms with Crippen LogP contribution in [0.4, 0.5) is 11.5 Å². The largest absolute Gasteiger partial charge is 0.355 e. The molecule has 2 N–H and O–H groups in total. The van der Waals surface area contributed by atoms with Gasteiger partial charge < -0.3 is 10.6 Å². The van der Waals surface area contributed by atoms with E-state index in [9.17, 15) is 4.79 Å². The lowest BCUT2D eigenvalue weighted by Crippen LogP contribution is -2.47. The van der Waals surface area contributed by atoms with Crippen molar-refractivity contribution in [1.82, 2.24) is 4.98 Å². The van der Waals surface area contributed by atoms with Gasteiger partial charge in [0.2, 0.25) is 5.91 Å². The zero-order chi connectivity index (χ0) is 10.3. The summed E-state index contributed by atoms with van der Waals surface area (Å²) >= 11 is 0. The van der Waals surface area contributed by atoms with Crippen LogP contribution in [0.3, 0.4) is 0 Å². The van der Waals surface area contributed by atoms with Crippen LogP contribution in [0.1, 0.15) is 19.5 Å². The fourth-order valence-corrected chi connectivity index (χ4v) is 1.38. The van der Waals surface area contributed by atoms with Gasteiger partial charge in [0.05, 0.1) is 5.69 Å². The third-order valence-electron chi connectivity index (χ3n) is 2.28. The molecule has 0 unspecified atom stereocenters. The van der Waals surface area contributed by atoms with E-state index >= 15 is 0 Å². The Morgan fingerprint density at radius 3 is 2.79 bits per heavy atom. The maximum Gasteiger partial charge on any atom is 0.249 e. The first-order valence-corrected chi connectivity index (χ1v) is 4.56. The molecule has 1 amide bonds. The van der Waals surface area contributed by atoms with Crippen molar-refractivity contribution in [3.63, 3.8) is 0 Å². The van der Waals surface area contributed by atoms with E-state index in [1.54, 1.807) is 0 Å². The average Bonchev–Trinajstić information content (AvgIpc) is 2.07. The van der Waals surface area contributed by atoms with Gasteiger partial charge in [-0.1, -0.05) is 0 Å². The monoisotopic (exact) mass is 191 g/mol. The number of anilines is 2. The fourth-order valence-electron chi connectivity index (χ4n) is 1.38. The molecule has 1 aromatic heterocycles. The number of hydrogen-bond donors (Lipinski definition) is 2. The molecule has 0 saturated heterocycles. The molecule has 1 aliphatic rings. The maximum atomic E-state index is 11.6. The third-order valence-corrected chi connectivity index (χ3v) is 2.28. The van der Waals surface area contributed by atoms with E-state index in [-0.39, 0.29) is 5.91 Å².